The van der Waals surface area contributed by atoms with Gasteiger partial charge in [-0.15, -0.1) is 0 Å². The van der Waals surface area contributed by atoms with Crippen molar-refractivity contribution in [2.75, 3.05) is 20.8 Å². The fraction of sp³-hybridized carbons (Fsp3) is 0.895. The van der Waals surface area contributed by atoms with Gasteiger partial charge in [-0.3, -0.25) is 14.5 Å². The number of nitrogens with zero attached hydrogens (tertiary/aromatic N) is 2. The van der Waals surface area contributed by atoms with Gasteiger partial charge >= 0.3 is 12.3 Å². The second-order valence-electron chi connectivity index (χ2n) is 8.36. The molecule has 0 aromatic carbocycles. The Bertz CT molecular complexity index is 527. The second kappa shape index (κ2) is 11.0. The lowest BCUT2D eigenvalue weighted by atomic mass is 10.1. The third-order valence-corrected chi connectivity index (χ3v) is 3.97. The van der Waals surface area contributed by atoms with E-state index in [0.29, 0.717) is 13.0 Å². The normalized spacial score (nSPS) is 18.7. The molecule has 7 nitrogen and oxygen atoms in total. The fourth-order valence-electron chi connectivity index (χ4n) is 2.69. The molecule has 1 aliphatic rings. The molecule has 1 saturated heterocycles. The summed E-state index contributed by atoms with van der Waals surface area (Å²) in [6.45, 7) is 9.96. The summed E-state index contributed by atoms with van der Waals surface area (Å²) < 4.78 is 42.3. The lowest BCUT2D eigenvalue weighted by Crippen LogP contribution is -2.49. The van der Waals surface area contributed by atoms with E-state index in [0.717, 1.165) is 19.3 Å². The maximum Gasteiger partial charge on any atom is 0.412 e. The van der Waals surface area contributed by atoms with Gasteiger partial charge in [-0.1, -0.05) is 6.42 Å². The molecule has 1 rings (SSSR count). The summed E-state index contributed by atoms with van der Waals surface area (Å²) in [7, 11) is 3.06. The number of hydrogen-bond acceptors (Lipinski definition) is 5. The van der Waals surface area contributed by atoms with Gasteiger partial charge in [-0.25, -0.2) is 9.86 Å². The highest BCUT2D eigenvalue weighted by Gasteiger charge is 2.45. The zero-order chi connectivity index (χ0) is 23.0. The van der Waals surface area contributed by atoms with E-state index in [1.165, 1.54) is 12.2 Å². The number of hydrogen-bond donors (Lipinski definition) is 0. The minimum Gasteiger partial charge on any atom is -0.444 e. The van der Waals surface area contributed by atoms with Crippen LogP contribution in [0.1, 0.15) is 67.2 Å². The summed E-state index contributed by atoms with van der Waals surface area (Å²) in [5, 5.41) is 1.23. The molecule has 0 spiro atoms. The smallest absolute Gasteiger partial charge is 0.412 e. The van der Waals surface area contributed by atoms with Crippen molar-refractivity contribution in [3.05, 3.63) is 0 Å². The number of rotatable bonds is 6. The van der Waals surface area contributed by atoms with Gasteiger partial charge < -0.3 is 9.47 Å². The number of carbonyl (C=O) groups is 2. The highest BCUT2D eigenvalue weighted by Crippen LogP contribution is 2.31. The average molecular weight is 428 g/mol. The summed E-state index contributed by atoms with van der Waals surface area (Å²) in [6, 6.07) is -0.0369. The standard InChI is InChI=1S/C17H32N2O5.C2H3F3/c1-16(2,3)24-15(21)19-13(12-23-17(19,4)5)10-8-9-11-14(20)18(6)22-7;1-2(3,4)5/h13H,8-12H2,1-7H3;1H3. The van der Waals surface area contributed by atoms with Crippen molar-refractivity contribution in [1.82, 2.24) is 9.96 Å². The monoisotopic (exact) mass is 428 g/mol. The molecule has 1 unspecified atom stereocenters. The molecule has 29 heavy (non-hydrogen) atoms. The predicted molar refractivity (Wildman–Crippen MR) is 102 cm³/mol. The molecule has 0 radical (unpaired) electrons. The summed E-state index contributed by atoms with van der Waals surface area (Å²) in [4.78, 5) is 30.7. The summed E-state index contributed by atoms with van der Waals surface area (Å²) in [5.74, 6) is -0.0514. The molecule has 1 aliphatic heterocycles. The number of carbonyl (C=O) groups excluding carboxylic acids is 2. The van der Waals surface area contributed by atoms with E-state index in [4.69, 9.17) is 14.3 Å². The summed E-state index contributed by atoms with van der Waals surface area (Å²) >= 11 is 0. The third kappa shape index (κ3) is 11.9. The van der Waals surface area contributed by atoms with Crippen LogP contribution in [0, 0.1) is 0 Å². The molecule has 172 valence electrons. The van der Waals surface area contributed by atoms with Crippen LogP contribution in [0.4, 0.5) is 18.0 Å². The second-order valence-corrected chi connectivity index (χ2v) is 8.36. The quantitative estimate of drug-likeness (QED) is 0.460. The van der Waals surface area contributed by atoms with Crippen molar-refractivity contribution in [3.8, 4) is 0 Å². The Morgan fingerprint density at radius 2 is 1.69 bits per heavy atom. The SMILES string of the molecule is CC(F)(F)F.CON(C)C(=O)CCCCC1COC(C)(C)N1C(=O)OC(C)(C)C. The van der Waals surface area contributed by atoms with Gasteiger partial charge in [-0.05, 0) is 47.5 Å². The van der Waals surface area contributed by atoms with Crippen LogP contribution in [0.2, 0.25) is 0 Å². The summed E-state index contributed by atoms with van der Waals surface area (Å²) in [6.07, 6.45) is -1.59. The number of alkyl halides is 3. The molecule has 0 N–H and O–H groups in total. The molecular weight excluding hydrogens is 393 g/mol. The fourth-order valence-corrected chi connectivity index (χ4v) is 2.69. The van der Waals surface area contributed by atoms with Gasteiger partial charge in [0.05, 0.1) is 19.8 Å². The first-order valence-corrected chi connectivity index (χ1v) is 9.51. The van der Waals surface area contributed by atoms with Crippen molar-refractivity contribution in [1.29, 1.82) is 0 Å². The zero-order valence-electron chi connectivity index (χ0n) is 18.7. The van der Waals surface area contributed by atoms with Gasteiger partial charge in [0.25, 0.3) is 0 Å². The van der Waals surface area contributed by atoms with Crippen LogP contribution in [0.3, 0.4) is 0 Å². The lowest BCUT2D eigenvalue weighted by Gasteiger charge is -2.35. The molecular formula is C19H35F3N2O5. The number of halogens is 3. The van der Waals surface area contributed by atoms with Gasteiger partial charge in [0.15, 0.2) is 0 Å². The molecule has 1 fully saturated rings. The van der Waals surface area contributed by atoms with Gasteiger partial charge in [0.1, 0.15) is 11.3 Å². The van der Waals surface area contributed by atoms with Crippen LogP contribution in [0.5, 0.6) is 0 Å². The van der Waals surface area contributed by atoms with Crippen molar-refractivity contribution >= 4 is 12.0 Å². The number of unbranched alkanes of at least 4 members (excludes halogenated alkanes) is 1. The molecule has 2 amide bonds. The molecule has 0 aliphatic carbocycles. The van der Waals surface area contributed by atoms with E-state index in [-0.39, 0.29) is 25.0 Å². The Morgan fingerprint density at radius 3 is 2.14 bits per heavy atom. The van der Waals surface area contributed by atoms with Crippen LogP contribution in [0.25, 0.3) is 0 Å². The molecule has 0 bridgehead atoms. The van der Waals surface area contributed by atoms with Crippen LogP contribution in [0.15, 0.2) is 0 Å². The third-order valence-electron chi connectivity index (χ3n) is 3.97. The summed E-state index contributed by atoms with van der Waals surface area (Å²) in [5.41, 5.74) is -1.23. The van der Waals surface area contributed by atoms with E-state index in [1.807, 2.05) is 34.6 Å². The van der Waals surface area contributed by atoms with Gasteiger partial charge in [0.2, 0.25) is 5.91 Å². The number of amides is 2. The molecule has 1 atom stereocenters. The first-order chi connectivity index (χ1) is 13.0. The lowest BCUT2D eigenvalue weighted by molar-refractivity contribution is -0.168. The first-order valence-electron chi connectivity index (χ1n) is 9.51. The minimum absolute atomic E-state index is 0.0369. The van der Waals surface area contributed by atoms with Gasteiger partial charge in [-0.2, -0.15) is 13.2 Å². The maximum atomic E-state index is 12.5. The Labute approximate surface area is 171 Å². The molecule has 10 heteroatoms. The molecule has 0 aromatic heterocycles. The zero-order valence-corrected chi connectivity index (χ0v) is 18.7. The van der Waals surface area contributed by atoms with E-state index in [1.54, 1.807) is 11.9 Å². The Morgan fingerprint density at radius 1 is 1.17 bits per heavy atom. The molecule has 0 aromatic rings. The van der Waals surface area contributed by atoms with Crippen LogP contribution >= 0.6 is 0 Å². The Kier molecular flexibility index (Phi) is 10.4. The first kappa shape index (κ1) is 27.5. The predicted octanol–water partition coefficient (Wildman–Crippen LogP) is 4.51. The largest absolute Gasteiger partial charge is 0.444 e. The van der Waals surface area contributed by atoms with Crippen molar-refractivity contribution < 1.29 is 37.1 Å². The van der Waals surface area contributed by atoms with Crippen molar-refractivity contribution in [3.63, 3.8) is 0 Å². The average Bonchev–Trinajstić information content (AvgIpc) is 2.81. The highest BCUT2D eigenvalue weighted by molar-refractivity contribution is 5.74. The van der Waals surface area contributed by atoms with Crippen molar-refractivity contribution in [2.24, 2.45) is 0 Å². The molecule has 1 heterocycles. The van der Waals surface area contributed by atoms with E-state index < -0.39 is 17.5 Å². The van der Waals surface area contributed by atoms with Crippen LogP contribution in [-0.2, 0) is 19.1 Å². The van der Waals surface area contributed by atoms with Crippen molar-refractivity contribution in [2.45, 2.75) is 90.8 Å². The minimum atomic E-state index is -4.00. The number of hydroxylamine groups is 2. The Balaban J connectivity index is 0.00000139. The Hall–Kier alpha value is -1.55. The topological polar surface area (TPSA) is 68.3 Å². The molecule has 0 saturated carbocycles. The van der Waals surface area contributed by atoms with Crippen LogP contribution in [-0.4, -0.2) is 66.3 Å². The van der Waals surface area contributed by atoms with Crippen LogP contribution < -0.4 is 0 Å². The van der Waals surface area contributed by atoms with E-state index in [2.05, 4.69) is 0 Å². The maximum absolute atomic E-state index is 12.5. The van der Waals surface area contributed by atoms with E-state index >= 15 is 0 Å². The highest BCUT2D eigenvalue weighted by atomic mass is 19.4. The number of ether oxygens (including phenoxy) is 2. The van der Waals surface area contributed by atoms with E-state index in [9.17, 15) is 22.8 Å². The van der Waals surface area contributed by atoms with Gasteiger partial charge in [0, 0.05) is 20.4 Å².